The highest BCUT2D eigenvalue weighted by molar-refractivity contribution is 6.07. The standard InChI is InChI=1S/C38H30N2/c39-37(31-24-14-5-15-25-31)38(40)33-26-32(27-16-6-1-7-17-27)34(28-18-8-2-9-19-28)36(30-22-12-4-13-23-30)35(33)29-20-10-3-11-21-29/h1-26H,39-40H2. The van der Waals surface area contributed by atoms with Gasteiger partial charge in [0.2, 0.25) is 0 Å². The van der Waals surface area contributed by atoms with Gasteiger partial charge in [0.1, 0.15) is 0 Å². The molecule has 40 heavy (non-hydrogen) atoms. The summed E-state index contributed by atoms with van der Waals surface area (Å²) in [6.45, 7) is 0. The van der Waals surface area contributed by atoms with Gasteiger partial charge in [-0.15, -0.1) is 0 Å². The van der Waals surface area contributed by atoms with Crippen LogP contribution in [0.3, 0.4) is 0 Å². The summed E-state index contributed by atoms with van der Waals surface area (Å²) in [4.78, 5) is 0. The van der Waals surface area contributed by atoms with Crippen molar-refractivity contribution in [2.45, 2.75) is 0 Å². The zero-order valence-electron chi connectivity index (χ0n) is 22.2. The van der Waals surface area contributed by atoms with E-state index in [-0.39, 0.29) is 0 Å². The molecule has 6 aromatic carbocycles. The molecule has 0 aliphatic carbocycles. The number of nitrogens with two attached hydrogens (primary N) is 2. The SMILES string of the molecule is NC(=C(N)c1cc(-c2ccccc2)c(-c2ccccc2)c(-c2ccccc2)c1-c1ccccc1)c1ccccc1. The summed E-state index contributed by atoms with van der Waals surface area (Å²) in [5.74, 6) is 0. The lowest BCUT2D eigenvalue weighted by molar-refractivity contribution is 1.43. The zero-order valence-corrected chi connectivity index (χ0v) is 22.2. The molecule has 2 heteroatoms. The Morgan fingerprint density at radius 3 is 1.20 bits per heavy atom. The first-order chi connectivity index (χ1) is 19.7. The molecule has 0 saturated heterocycles. The summed E-state index contributed by atoms with van der Waals surface area (Å²) in [7, 11) is 0. The van der Waals surface area contributed by atoms with Gasteiger partial charge < -0.3 is 11.5 Å². The van der Waals surface area contributed by atoms with Crippen molar-refractivity contribution in [2.24, 2.45) is 11.5 Å². The van der Waals surface area contributed by atoms with Crippen LogP contribution in [0.1, 0.15) is 11.1 Å². The Morgan fingerprint density at radius 2 is 0.725 bits per heavy atom. The lowest BCUT2D eigenvalue weighted by atomic mass is 9.79. The largest absolute Gasteiger partial charge is 0.397 e. The van der Waals surface area contributed by atoms with E-state index in [9.17, 15) is 0 Å². The van der Waals surface area contributed by atoms with Gasteiger partial charge in [0.05, 0.1) is 11.4 Å². The van der Waals surface area contributed by atoms with E-state index in [1.54, 1.807) is 0 Å². The predicted octanol–water partition coefficient (Wildman–Crippen LogP) is 9.10. The van der Waals surface area contributed by atoms with Crippen LogP contribution in [0.2, 0.25) is 0 Å². The summed E-state index contributed by atoms with van der Waals surface area (Å²) in [5.41, 5.74) is 25.7. The van der Waals surface area contributed by atoms with Crippen molar-refractivity contribution in [3.8, 4) is 44.5 Å². The number of rotatable bonds is 6. The molecule has 0 spiro atoms. The van der Waals surface area contributed by atoms with Crippen molar-refractivity contribution in [3.63, 3.8) is 0 Å². The minimum Gasteiger partial charge on any atom is -0.397 e. The molecule has 0 aliphatic heterocycles. The van der Waals surface area contributed by atoms with E-state index in [1.165, 1.54) is 0 Å². The van der Waals surface area contributed by atoms with Gasteiger partial charge in [0.15, 0.2) is 0 Å². The minimum atomic E-state index is 0.555. The van der Waals surface area contributed by atoms with E-state index in [1.807, 2.05) is 42.5 Å². The van der Waals surface area contributed by atoms with Crippen molar-refractivity contribution in [3.05, 3.63) is 169 Å². The molecule has 0 amide bonds. The van der Waals surface area contributed by atoms with Crippen LogP contribution in [0.15, 0.2) is 158 Å². The molecule has 2 nitrogen and oxygen atoms in total. The third-order valence-corrected chi connectivity index (χ3v) is 7.26. The molecule has 0 atom stereocenters. The van der Waals surface area contributed by atoms with E-state index in [4.69, 9.17) is 11.5 Å². The third-order valence-electron chi connectivity index (χ3n) is 7.26. The summed E-state index contributed by atoms with van der Waals surface area (Å²) >= 11 is 0. The normalized spacial score (nSPS) is 11.6. The second-order valence-electron chi connectivity index (χ2n) is 9.75. The van der Waals surface area contributed by atoms with E-state index in [2.05, 4.69) is 115 Å². The molecule has 0 saturated carbocycles. The van der Waals surface area contributed by atoms with Gasteiger partial charge >= 0.3 is 0 Å². The molecular weight excluding hydrogens is 484 g/mol. The minimum absolute atomic E-state index is 0.555. The molecule has 0 heterocycles. The second kappa shape index (κ2) is 11.2. The number of benzene rings is 6. The van der Waals surface area contributed by atoms with Crippen molar-refractivity contribution in [1.29, 1.82) is 0 Å². The summed E-state index contributed by atoms with van der Waals surface area (Å²) in [5, 5.41) is 0. The lowest BCUT2D eigenvalue weighted by Crippen LogP contribution is -2.10. The first kappa shape index (κ1) is 25.0. The summed E-state index contributed by atoms with van der Waals surface area (Å²) in [6.07, 6.45) is 0. The van der Waals surface area contributed by atoms with Crippen molar-refractivity contribution in [1.82, 2.24) is 0 Å². The summed E-state index contributed by atoms with van der Waals surface area (Å²) < 4.78 is 0. The number of hydrogen-bond acceptors (Lipinski definition) is 2. The monoisotopic (exact) mass is 514 g/mol. The Bertz CT molecular complexity index is 1760. The molecule has 0 radical (unpaired) electrons. The fourth-order valence-electron chi connectivity index (χ4n) is 5.36. The van der Waals surface area contributed by atoms with Crippen LogP contribution >= 0.6 is 0 Å². The van der Waals surface area contributed by atoms with Crippen LogP contribution in [0.4, 0.5) is 0 Å². The van der Waals surface area contributed by atoms with Gasteiger partial charge in [0.25, 0.3) is 0 Å². The molecule has 0 aliphatic rings. The van der Waals surface area contributed by atoms with Crippen LogP contribution in [-0.4, -0.2) is 0 Å². The van der Waals surface area contributed by atoms with Gasteiger partial charge in [-0.2, -0.15) is 0 Å². The Morgan fingerprint density at radius 1 is 0.350 bits per heavy atom. The van der Waals surface area contributed by atoms with Crippen molar-refractivity contribution in [2.75, 3.05) is 0 Å². The maximum absolute atomic E-state index is 7.05. The third kappa shape index (κ3) is 4.79. The fourth-order valence-corrected chi connectivity index (χ4v) is 5.36. The first-order valence-corrected chi connectivity index (χ1v) is 13.5. The maximum atomic E-state index is 7.05. The molecule has 0 aromatic heterocycles. The van der Waals surface area contributed by atoms with Crippen LogP contribution in [-0.2, 0) is 0 Å². The van der Waals surface area contributed by atoms with Gasteiger partial charge in [-0.25, -0.2) is 0 Å². The van der Waals surface area contributed by atoms with E-state index >= 15 is 0 Å². The Kier molecular flexibility index (Phi) is 6.98. The smallest absolute Gasteiger partial charge is 0.0634 e. The average Bonchev–Trinajstić information content (AvgIpc) is 3.05. The molecule has 192 valence electrons. The van der Waals surface area contributed by atoms with E-state index in [0.717, 1.165) is 55.6 Å². The second-order valence-corrected chi connectivity index (χ2v) is 9.75. The Balaban J connectivity index is 1.82. The van der Waals surface area contributed by atoms with Gasteiger partial charge in [-0.1, -0.05) is 152 Å². The van der Waals surface area contributed by atoms with Crippen molar-refractivity contribution >= 4 is 11.4 Å². The van der Waals surface area contributed by atoms with Crippen LogP contribution in [0.5, 0.6) is 0 Å². The number of hydrogen-bond donors (Lipinski definition) is 2. The molecule has 6 rings (SSSR count). The highest BCUT2D eigenvalue weighted by atomic mass is 14.7. The highest BCUT2D eigenvalue weighted by Crippen LogP contribution is 2.48. The van der Waals surface area contributed by atoms with E-state index < -0.39 is 0 Å². The first-order valence-electron chi connectivity index (χ1n) is 13.5. The molecular formula is C38H30N2. The fraction of sp³-hybridized carbons (Fsp3) is 0. The van der Waals surface area contributed by atoms with Gasteiger partial charge in [-0.05, 0) is 56.1 Å². The van der Waals surface area contributed by atoms with Gasteiger partial charge in [0, 0.05) is 5.56 Å². The quantitative estimate of drug-likeness (QED) is 0.218. The van der Waals surface area contributed by atoms with Crippen LogP contribution in [0, 0.1) is 0 Å². The van der Waals surface area contributed by atoms with Crippen LogP contribution < -0.4 is 11.5 Å². The lowest BCUT2D eigenvalue weighted by Gasteiger charge is -2.25. The van der Waals surface area contributed by atoms with Crippen LogP contribution in [0.25, 0.3) is 55.9 Å². The molecule has 0 unspecified atom stereocenters. The maximum Gasteiger partial charge on any atom is 0.0634 e. The topological polar surface area (TPSA) is 52.0 Å². The summed E-state index contributed by atoms with van der Waals surface area (Å²) in [6, 6.07) is 54.3. The predicted molar refractivity (Wildman–Crippen MR) is 170 cm³/mol. The molecule has 4 N–H and O–H groups in total. The Labute approximate surface area is 235 Å². The Hall–Kier alpha value is -5.34. The van der Waals surface area contributed by atoms with Crippen molar-refractivity contribution < 1.29 is 0 Å². The van der Waals surface area contributed by atoms with Gasteiger partial charge in [-0.3, -0.25) is 0 Å². The molecule has 6 aromatic rings. The zero-order chi connectivity index (χ0) is 27.3. The highest BCUT2D eigenvalue weighted by Gasteiger charge is 2.24. The average molecular weight is 515 g/mol. The molecule has 0 fully saturated rings. The van der Waals surface area contributed by atoms with E-state index in [0.29, 0.717) is 11.4 Å². The molecule has 0 bridgehead atoms.